The summed E-state index contributed by atoms with van der Waals surface area (Å²) in [5.41, 5.74) is 1.89. The zero-order valence-electron chi connectivity index (χ0n) is 12.8. The number of nitrogens with one attached hydrogen (secondary N) is 1. The number of carboxylic acid groups (broad SMARTS) is 1. The van der Waals surface area contributed by atoms with Crippen molar-refractivity contribution in [3.8, 4) is 5.75 Å². The second kappa shape index (κ2) is 7.98. The van der Waals surface area contributed by atoms with Crippen molar-refractivity contribution < 1.29 is 19.4 Å². The smallest absolute Gasteiger partial charge is 0.258 e. The molecular weight excluding hydrogens is 294 g/mol. The summed E-state index contributed by atoms with van der Waals surface area (Å²) in [6, 6.07) is 15.2. The van der Waals surface area contributed by atoms with E-state index in [1.807, 2.05) is 37.3 Å². The molecule has 1 atom stereocenters. The first kappa shape index (κ1) is 16.5. The van der Waals surface area contributed by atoms with Crippen molar-refractivity contribution in [3.63, 3.8) is 0 Å². The lowest BCUT2D eigenvalue weighted by Gasteiger charge is -2.20. The molecule has 0 radical (unpaired) electrons. The van der Waals surface area contributed by atoms with Crippen molar-refractivity contribution in [2.75, 3.05) is 6.61 Å². The molecule has 0 aliphatic rings. The lowest BCUT2D eigenvalue weighted by atomic mass is 10.1. The Morgan fingerprint density at radius 2 is 1.74 bits per heavy atom. The fraction of sp³-hybridized carbons (Fsp3) is 0.222. The van der Waals surface area contributed by atoms with Crippen LogP contribution in [0, 0.1) is 6.92 Å². The molecule has 0 fully saturated rings. The molecule has 0 unspecified atom stereocenters. The third-order valence-electron chi connectivity index (χ3n) is 3.29. The minimum Gasteiger partial charge on any atom is -0.548 e. The van der Waals surface area contributed by atoms with Gasteiger partial charge in [-0.05, 0) is 31.0 Å². The predicted octanol–water partition coefficient (Wildman–Crippen LogP) is 0.851. The molecule has 5 heteroatoms. The maximum Gasteiger partial charge on any atom is 0.258 e. The predicted molar refractivity (Wildman–Crippen MR) is 83.8 cm³/mol. The monoisotopic (exact) mass is 312 g/mol. The van der Waals surface area contributed by atoms with E-state index in [1.165, 1.54) is 0 Å². The Morgan fingerprint density at radius 1 is 1.09 bits per heavy atom. The van der Waals surface area contributed by atoms with E-state index in [2.05, 4.69) is 5.32 Å². The third-order valence-corrected chi connectivity index (χ3v) is 3.29. The van der Waals surface area contributed by atoms with Crippen LogP contribution in [-0.4, -0.2) is 24.5 Å². The van der Waals surface area contributed by atoms with Gasteiger partial charge in [-0.1, -0.05) is 48.0 Å². The van der Waals surface area contributed by atoms with Gasteiger partial charge in [0.05, 0.1) is 12.0 Å². The van der Waals surface area contributed by atoms with Crippen molar-refractivity contribution in [1.82, 2.24) is 5.32 Å². The maximum atomic E-state index is 11.9. The second-order valence-corrected chi connectivity index (χ2v) is 5.23. The molecule has 0 aliphatic heterocycles. The van der Waals surface area contributed by atoms with Crippen LogP contribution >= 0.6 is 0 Å². The number of hydrogen-bond acceptors (Lipinski definition) is 4. The molecule has 0 heterocycles. The molecule has 1 N–H and O–H groups in total. The van der Waals surface area contributed by atoms with Crippen LogP contribution in [0.3, 0.4) is 0 Å². The molecular formula is C18H18NO4-. The number of ether oxygens (including phenoxy) is 1. The minimum absolute atomic E-state index is 0.166. The number of benzene rings is 2. The summed E-state index contributed by atoms with van der Waals surface area (Å²) in [6.07, 6.45) is 0.166. The molecule has 120 valence electrons. The van der Waals surface area contributed by atoms with Crippen LogP contribution in [0.25, 0.3) is 0 Å². The van der Waals surface area contributed by atoms with Gasteiger partial charge in [0.2, 0.25) is 0 Å². The van der Waals surface area contributed by atoms with Crippen molar-refractivity contribution in [2.45, 2.75) is 19.4 Å². The van der Waals surface area contributed by atoms with Gasteiger partial charge in [-0.2, -0.15) is 0 Å². The van der Waals surface area contributed by atoms with Gasteiger partial charge in [-0.15, -0.1) is 0 Å². The highest BCUT2D eigenvalue weighted by Crippen LogP contribution is 2.11. The first-order valence-corrected chi connectivity index (χ1v) is 7.28. The average molecular weight is 312 g/mol. The molecule has 2 aromatic rings. The second-order valence-electron chi connectivity index (χ2n) is 5.23. The van der Waals surface area contributed by atoms with Crippen LogP contribution in [0.2, 0.25) is 0 Å². The van der Waals surface area contributed by atoms with E-state index < -0.39 is 17.9 Å². The molecule has 0 saturated carbocycles. The quantitative estimate of drug-likeness (QED) is 0.822. The Kier molecular flexibility index (Phi) is 5.74. The van der Waals surface area contributed by atoms with E-state index in [0.29, 0.717) is 5.75 Å². The van der Waals surface area contributed by atoms with Crippen molar-refractivity contribution >= 4 is 11.9 Å². The van der Waals surface area contributed by atoms with E-state index in [9.17, 15) is 14.7 Å². The van der Waals surface area contributed by atoms with Gasteiger partial charge >= 0.3 is 0 Å². The van der Waals surface area contributed by atoms with Crippen LogP contribution in [0.1, 0.15) is 11.1 Å². The van der Waals surface area contributed by atoms with Gasteiger partial charge in [0.15, 0.2) is 6.61 Å². The fourth-order valence-electron chi connectivity index (χ4n) is 2.06. The number of aryl methyl sites for hydroxylation is 1. The Morgan fingerprint density at radius 3 is 2.35 bits per heavy atom. The number of carbonyl (C=O) groups is 2. The molecule has 0 bridgehead atoms. The van der Waals surface area contributed by atoms with Crippen LogP contribution in [-0.2, 0) is 16.0 Å². The van der Waals surface area contributed by atoms with Crippen LogP contribution in [0.4, 0.5) is 0 Å². The number of amides is 1. The molecule has 0 aliphatic carbocycles. The number of rotatable bonds is 7. The van der Waals surface area contributed by atoms with Crippen LogP contribution in [0.5, 0.6) is 5.75 Å². The third kappa shape index (κ3) is 5.47. The highest BCUT2D eigenvalue weighted by molar-refractivity contribution is 5.83. The lowest BCUT2D eigenvalue weighted by Crippen LogP contribution is -2.50. The maximum absolute atomic E-state index is 11.9. The van der Waals surface area contributed by atoms with Gasteiger partial charge in [-0.25, -0.2) is 0 Å². The van der Waals surface area contributed by atoms with Crippen molar-refractivity contribution in [2.24, 2.45) is 0 Å². The number of carbonyl (C=O) groups excluding carboxylic acids is 2. The summed E-state index contributed by atoms with van der Waals surface area (Å²) >= 11 is 0. The van der Waals surface area contributed by atoms with Crippen molar-refractivity contribution in [1.29, 1.82) is 0 Å². The molecule has 0 aromatic heterocycles. The standard InChI is InChI=1S/C18H19NO4/c1-13-7-9-15(10-8-13)23-12-17(20)19-16(18(21)22)11-14-5-3-2-4-6-14/h2-10,16H,11-12H2,1H3,(H,19,20)(H,21,22)/p-1/t16-/m1/s1. The molecule has 23 heavy (non-hydrogen) atoms. The minimum atomic E-state index is -1.32. The van der Waals surface area contributed by atoms with Crippen LogP contribution in [0.15, 0.2) is 54.6 Å². The van der Waals surface area contributed by atoms with Gasteiger partial charge in [0.1, 0.15) is 5.75 Å². The number of hydrogen-bond donors (Lipinski definition) is 1. The van der Waals surface area contributed by atoms with Gasteiger partial charge in [0.25, 0.3) is 5.91 Å². The summed E-state index contributed by atoms with van der Waals surface area (Å²) in [5, 5.41) is 13.6. The zero-order valence-corrected chi connectivity index (χ0v) is 12.8. The van der Waals surface area contributed by atoms with Crippen molar-refractivity contribution in [3.05, 3.63) is 65.7 Å². The first-order chi connectivity index (χ1) is 11.0. The fourth-order valence-corrected chi connectivity index (χ4v) is 2.06. The van der Waals surface area contributed by atoms with Gasteiger partial charge < -0.3 is 20.0 Å². The Bertz CT molecular complexity index is 652. The normalized spacial score (nSPS) is 11.5. The van der Waals surface area contributed by atoms with E-state index in [4.69, 9.17) is 4.74 Å². The molecule has 0 spiro atoms. The number of carboxylic acids is 1. The lowest BCUT2D eigenvalue weighted by molar-refractivity contribution is -0.308. The van der Waals surface area contributed by atoms with E-state index in [1.54, 1.807) is 24.3 Å². The Balaban J connectivity index is 1.88. The Labute approximate surface area is 134 Å². The largest absolute Gasteiger partial charge is 0.548 e. The van der Waals surface area contributed by atoms with E-state index >= 15 is 0 Å². The van der Waals surface area contributed by atoms with Gasteiger partial charge in [0, 0.05) is 0 Å². The SMILES string of the molecule is Cc1ccc(OCC(=O)N[C@H](Cc2ccccc2)C(=O)[O-])cc1. The molecule has 5 nitrogen and oxygen atoms in total. The molecule has 1 amide bonds. The zero-order chi connectivity index (χ0) is 16.7. The molecule has 0 saturated heterocycles. The van der Waals surface area contributed by atoms with E-state index in [0.717, 1.165) is 11.1 Å². The number of aliphatic carboxylic acids is 1. The summed E-state index contributed by atoms with van der Waals surface area (Å²) in [7, 11) is 0. The highest BCUT2D eigenvalue weighted by Gasteiger charge is 2.14. The summed E-state index contributed by atoms with van der Waals surface area (Å²) < 4.78 is 5.33. The molecule has 2 aromatic carbocycles. The Hall–Kier alpha value is -2.82. The van der Waals surface area contributed by atoms with Gasteiger partial charge in [-0.3, -0.25) is 4.79 Å². The van der Waals surface area contributed by atoms with E-state index in [-0.39, 0.29) is 13.0 Å². The summed E-state index contributed by atoms with van der Waals surface area (Å²) in [6.45, 7) is 1.70. The first-order valence-electron chi connectivity index (χ1n) is 7.28. The van der Waals surface area contributed by atoms with Crippen LogP contribution < -0.4 is 15.2 Å². The highest BCUT2D eigenvalue weighted by atomic mass is 16.5. The average Bonchev–Trinajstić information content (AvgIpc) is 2.54. The summed E-state index contributed by atoms with van der Waals surface area (Å²) in [4.78, 5) is 23.0. The molecule has 2 rings (SSSR count). The topological polar surface area (TPSA) is 78.5 Å². The summed E-state index contributed by atoms with van der Waals surface area (Å²) in [5.74, 6) is -1.27.